The van der Waals surface area contributed by atoms with E-state index >= 15 is 0 Å². The molecule has 0 aromatic heterocycles. The zero-order valence-corrected chi connectivity index (χ0v) is 9.45. The van der Waals surface area contributed by atoms with E-state index in [1.165, 1.54) is 0 Å². The smallest absolute Gasteiger partial charge is 0.306 e. The van der Waals surface area contributed by atoms with Crippen molar-refractivity contribution < 1.29 is 14.7 Å². The van der Waals surface area contributed by atoms with Gasteiger partial charge in [0.25, 0.3) is 0 Å². The molecule has 1 saturated carbocycles. The van der Waals surface area contributed by atoms with Gasteiger partial charge in [0.2, 0.25) is 5.91 Å². The van der Waals surface area contributed by atoms with Crippen LogP contribution >= 0.6 is 0 Å². The minimum Gasteiger partial charge on any atom is -0.481 e. The first kappa shape index (κ1) is 12.6. The monoisotopic (exact) mass is 223 g/mol. The number of hydrogen-bond acceptors (Lipinski definition) is 2. The molecule has 4 heteroatoms. The number of carbonyl (C=O) groups excluding carboxylic acids is 1. The first-order chi connectivity index (χ1) is 7.65. The fourth-order valence-corrected chi connectivity index (χ4v) is 1.96. The van der Waals surface area contributed by atoms with E-state index in [4.69, 9.17) is 5.11 Å². The molecule has 0 aromatic carbocycles. The zero-order valence-electron chi connectivity index (χ0n) is 9.45. The van der Waals surface area contributed by atoms with Crippen LogP contribution in [0.15, 0.2) is 0 Å². The van der Waals surface area contributed by atoms with Gasteiger partial charge in [0.1, 0.15) is 0 Å². The Morgan fingerprint density at radius 3 is 2.62 bits per heavy atom. The minimum absolute atomic E-state index is 0.0262. The quantitative estimate of drug-likeness (QED) is 0.552. The van der Waals surface area contributed by atoms with E-state index in [2.05, 4.69) is 17.2 Å². The molecule has 0 aromatic rings. The maximum atomic E-state index is 11.6. The topological polar surface area (TPSA) is 66.4 Å². The lowest BCUT2D eigenvalue weighted by molar-refractivity contribution is -0.141. The summed E-state index contributed by atoms with van der Waals surface area (Å²) in [6.45, 7) is 2.31. The van der Waals surface area contributed by atoms with Crippen LogP contribution in [0.25, 0.3) is 0 Å². The van der Waals surface area contributed by atoms with Crippen LogP contribution in [-0.2, 0) is 9.59 Å². The summed E-state index contributed by atoms with van der Waals surface area (Å²) in [5.74, 6) is 4.33. The fraction of sp³-hybridized carbons (Fsp3) is 0.667. The van der Waals surface area contributed by atoms with Crippen LogP contribution in [0.4, 0.5) is 0 Å². The van der Waals surface area contributed by atoms with Crippen molar-refractivity contribution in [1.29, 1.82) is 0 Å². The van der Waals surface area contributed by atoms with E-state index < -0.39 is 5.97 Å². The van der Waals surface area contributed by atoms with E-state index in [0.29, 0.717) is 32.2 Å². The molecule has 0 bridgehead atoms. The third kappa shape index (κ3) is 3.58. The highest BCUT2D eigenvalue weighted by atomic mass is 16.4. The Morgan fingerprint density at radius 1 is 1.38 bits per heavy atom. The van der Waals surface area contributed by atoms with Crippen LogP contribution in [0.3, 0.4) is 0 Å². The average molecular weight is 223 g/mol. The molecule has 1 aliphatic carbocycles. The van der Waals surface area contributed by atoms with Gasteiger partial charge in [-0.25, -0.2) is 0 Å². The SMILES string of the molecule is CC#CCCNC(=O)[C@@H]1CC[C@H](C(=O)O)C1. The summed E-state index contributed by atoms with van der Waals surface area (Å²) in [6, 6.07) is 0. The van der Waals surface area contributed by atoms with Crippen LogP contribution in [0.2, 0.25) is 0 Å². The number of amides is 1. The molecule has 1 fully saturated rings. The molecule has 4 nitrogen and oxygen atoms in total. The Balaban J connectivity index is 2.27. The summed E-state index contributed by atoms with van der Waals surface area (Å²) in [5.41, 5.74) is 0. The van der Waals surface area contributed by atoms with Crippen molar-refractivity contribution in [1.82, 2.24) is 5.32 Å². The van der Waals surface area contributed by atoms with Gasteiger partial charge in [-0.15, -0.1) is 11.8 Å². The highest BCUT2D eigenvalue weighted by Gasteiger charge is 2.33. The summed E-state index contributed by atoms with van der Waals surface area (Å²) in [4.78, 5) is 22.3. The summed E-state index contributed by atoms with van der Waals surface area (Å²) in [7, 11) is 0. The van der Waals surface area contributed by atoms with Crippen LogP contribution in [0, 0.1) is 23.7 Å². The Morgan fingerprint density at radius 2 is 2.06 bits per heavy atom. The van der Waals surface area contributed by atoms with Gasteiger partial charge in [-0.05, 0) is 26.2 Å². The van der Waals surface area contributed by atoms with Crippen LogP contribution < -0.4 is 5.32 Å². The molecule has 0 radical (unpaired) electrons. The van der Waals surface area contributed by atoms with Crippen LogP contribution in [0.1, 0.15) is 32.6 Å². The highest BCUT2D eigenvalue weighted by Crippen LogP contribution is 2.30. The number of carboxylic acid groups (broad SMARTS) is 1. The van der Waals surface area contributed by atoms with Gasteiger partial charge < -0.3 is 10.4 Å². The van der Waals surface area contributed by atoms with E-state index in [-0.39, 0.29) is 17.7 Å². The highest BCUT2D eigenvalue weighted by molar-refractivity contribution is 5.80. The molecule has 2 atom stereocenters. The number of rotatable bonds is 4. The predicted molar refractivity (Wildman–Crippen MR) is 59.5 cm³/mol. The molecular formula is C12H17NO3. The Kier molecular flexibility index (Phi) is 4.84. The predicted octanol–water partition coefficient (Wildman–Crippen LogP) is 1.02. The number of carboxylic acids is 1. The van der Waals surface area contributed by atoms with Gasteiger partial charge in [-0.1, -0.05) is 0 Å². The van der Waals surface area contributed by atoms with Crippen LogP contribution in [-0.4, -0.2) is 23.5 Å². The summed E-state index contributed by atoms with van der Waals surface area (Å²) in [6.07, 6.45) is 2.42. The van der Waals surface area contributed by atoms with Gasteiger partial charge in [0.15, 0.2) is 0 Å². The lowest BCUT2D eigenvalue weighted by Gasteiger charge is -2.09. The Hall–Kier alpha value is -1.50. The van der Waals surface area contributed by atoms with E-state index in [9.17, 15) is 9.59 Å². The third-order valence-electron chi connectivity index (χ3n) is 2.88. The Labute approximate surface area is 95.4 Å². The van der Waals surface area contributed by atoms with Crippen molar-refractivity contribution in [3.8, 4) is 11.8 Å². The van der Waals surface area contributed by atoms with Gasteiger partial charge in [0, 0.05) is 18.9 Å². The second-order valence-corrected chi connectivity index (χ2v) is 4.01. The third-order valence-corrected chi connectivity index (χ3v) is 2.88. The van der Waals surface area contributed by atoms with Gasteiger partial charge in [0.05, 0.1) is 5.92 Å². The Bertz CT molecular complexity index is 327. The fourth-order valence-electron chi connectivity index (χ4n) is 1.96. The minimum atomic E-state index is -0.785. The first-order valence-electron chi connectivity index (χ1n) is 5.55. The van der Waals surface area contributed by atoms with E-state index in [1.54, 1.807) is 6.92 Å². The second-order valence-electron chi connectivity index (χ2n) is 4.01. The normalized spacial score (nSPS) is 23.3. The maximum absolute atomic E-state index is 11.6. The van der Waals surface area contributed by atoms with E-state index in [1.807, 2.05) is 0 Å². The van der Waals surface area contributed by atoms with Crippen molar-refractivity contribution in [2.45, 2.75) is 32.6 Å². The molecule has 1 rings (SSSR count). The number of hydrogen-bond donors (Lipinski definition) is 2. The zero-order chi connectivity index (χ0) is 12.0. The molecule has 0 saturated heterocycles. The van der Waals surface area contributed by atoms with Gasteiger partial charge in [-0.2, -0.15) is 0 Å². The van der Waals surface area contributed by atoms with Crippen molar-refractivity contribution in [2.24, 2.45) is 11.8 Å². The molecule has 16 heavy (non-hydrogen) atoms. The lowest BCUT2D eigenvalue weighted by Crippen LogP contribution is -2.30. The summed E-state index contributed by atoms with van der Waals surface area (Å²) >= 11 is 0. The standard InChI is InChI=1S/C12H17NO3/c1-2-3-4-7-13-11(14)9-5-6-10(8-9)12(15)16/h9-10H,4-8H2,1H3,(H,13,14)(H,15,16)/t9-,10+/m1/s1. The van der Waals surface area contributed by atoms with Crippen molar-refractivity contribution >= 4 is 11.9 Å². The maximum Gasteiger partial charge on any atom is 0.306 e. The lowest BCUT2D eigenvalue weighted by atomic mass is 10.0. The number of aliphatic carboxylic acids is 1. The molecule has 1 amide bonds. The second kappa shape index (κ2) is 6.16. The van der Waals surface area contributed by atoms with Crippen molar-refractivity contribution in [2.75, 3.05) is 6.54 Å². The van der Waals surface area contributed by atoms with E-state index in [0.717, 1.165) is 0 Å². The molecule has 0 spiro atoms. The summed E-state index contributed by atoms with van der Waals surface area (Å²) in [5, 5.41) is 11.6. The first-order valence-corrected chi connectivity index (χ1v) is 5.55. The average Bonchev–Trinajstić information content (AvgIpc) is 2.73. The van der Waals surface area contributed by atoms with Crippen LogP contribution in [0.5, 0.6) is 0 Å². The molecule has 1 aliphatic rings. The number of nitrogens with one attached hydrogen (secondary N) is 1. The molecule has 0 aliphatic heterocycles. The molecule has 0 unspecified atom stereocenters. The van der Waals surface area contributed by atoms with Gasteiger partial charge >= 0.3 is 5.97 Å². The van der Waals surface area contributed by atoms with Gasteiger partial charge in [-0.3, -0.25) is 9.59 Å². The molecule has 0 heterocycles. The largest absolute Gasteiger partial charge is 0.481 e. The van der Waals surface area contributed by atoms with Crippen molar-refractivity contribution in [3.05, 3.63) is 0 Å². The summed E-state index contributed by atoms with van der Waals surface area (Å²) < 4.78 is 0. The van der Waals surface area contributed by atoms with Crippen molar-refractivity contribution in [3.63, 3.8) is 0 Å². The molecule has 88 valence electrons. The number of carbonyl (C=O) groups is 2. The molecule has 2 N–H and O–H groups in total. The molecular weight excluding hydrogens is 206 g/mol.